The first-order valence-electron chi connectivity index (χ1n) is 12.3. The van der Waals surface area contributed by atoms with Crippen LogP contribution in [-0.4, -0.2) is 48.0 Å². The van der Waals surface area contributed by atoms with Gasteiger partial charge in [-0.25, -0.2) is 0 Å². The van der Waals surface area contributed by atoms with E-state index in [2.05, 4.69) is 32.6 Å². The molecule has 0 atom stereocenters. The van der Waals surface area contributed by atoms with Crippen LogP contribution in [0.3, 0.4) is 0 Å². The molecule has 5 aromatic rings. The maximum atomic E-state index is 13.9. The van der Waals surface area contributed by atoms with Gasteiger partial charge in [-0.05, 0) is 81.4 Å². The average Bonchev–Trinajstić information content (AvgIpc) is 3.28. The average molecular weight is 530 g/mol. The topological polar surface area (TPSA) is 112 Å². The van der Waals surface area contributed by atoms with E-state index in [1.165, 1.54) is 12.3 Å². The third-order valence-corrected chi connectivity index (χ3v) is 8.37. The maximum absolute atomic E-state index is 13.9. The third-order valence-electron chi connectivity index (χ3n) is 7.58. The summed E-state index contributed by atoms with van der Waals surface area (Å²) < 4.78 is 39.0. The molecule has 1 N–H and O–H groups in total. The second-order valence-corrected chi connectivity index (χ2v) is 11.3. The molecule has 38 heavy (non-hydrogen) atoms. The molecule has 6 rings (SSSR count). The predicted octanol–water partition coefficient (Wildman–Crippen LogP) is 4.80. The van der Waals surface area contributed by atoms with Crippen molar-refractivity contribution in [3.8, 4) is 17.2 Å². The van der Waals surface area contributed by atoms with Crippen molar-refractivity contribution in [3.63, 3.8) is 0 Å². The van der Waals surface area contributed by atoms with Gasteiger partial charge in [-0.15, -0.1) is 3.89 Å². The molecule has 4 heterocycles. The number of aromatic nitrogens is 3. The molecule has 0 aliphatic carbocycles. The summed E-state index contributed by atoms with van der Waals surface area (Å²) in [6.07, 6.45) is 4.23. The third kappa shape index (κ3) is 3.86. The van der Waals surface area contributed by atoms with Crippen LogP contribution in [0.1, 0.15) is 30.0 Å². The Labute approximate surface area is 218 Å². The molecule has 1 saturated heterocycles. The highest BCUT2D eigenvalue weighted by Crippen LogP contribution is 2.36. The van der Waals surface area contributed by atoms with Crippen LogP contribution < -0.4 is 5.43 Å². The molecular weight excluding hydrogens is 505 g/mol. The largest absolute Gasteiger partial charge is 0.340 e. The fraction of sp³-hybridized carbons (Fsp3) is 0.250. The number of H-pyrrole nitrogens is 1. The molecule has 10 heteroatoms. The summed E-state index contributed by atoms with van der Waals surface area (Å²) in [4.78, 5) is 23.1. The van der Waals surface area contributed by atoms with E-state index >= 15 is 0 Å². The van der Waals surface area contributed by atoms with Gasteiger partial charge in [0.15, 0.2) is 5.43 Å². The van der Waals surface area contributed by atoms with Crippen molar-refractivity contribution >= 4 is 43.1 Å². The lowest BCUT2D eigenvalue weighted by molar-refractivity contribution is 0.226. The zero-order chi connectivity index (χ0) is 26.8. The molecule has 0 unspecified atom stereocenters. The Morgan fingerprint density at radius 1 is 1.11 bits per heavy atom. The molecule has 2 aromatic carbocycles. The van der Waals surface area contributed by atoms with Crippen LogP contribution in [0.2, 0.25) is 0 Å². The molecular formula is C28H24FN5O3S. The molecule has 3 aromatic heterocycles. The minimum atomic E-state index is -4.93. The Kier molecular flexibility index (Phi) is 5.59. The number of benzene rings is 2. The van der Waals surface area contributed by atoms with Crippen LogP contribution in [0.15, 0.2) is 58.5 Å². The number of nitrogens with one attached hydrogen (secondary N) is 1. The number of halogens is 1. The van der Waals surface area contributed by atoms with Gasteiger partial charge in [0, 0.05) is 40.3 Å². The van der Waals surface area contributed by atoms with Crippen molar-refractivity contribution in [2.24, 2.45) is 0 Å². The molecule has 192 valence electrons. The predicted molar refractivity (Wildman–Crippen MR) is 144 cm³/mol. The Hall–Kier alpha value is -4.07. The Morgan fingerprint density at radius 3 is 2.58 bits per heavy atom. The van der Waals surface area contributed by atoms with Crippen LogP contribution >= 0.6 is 0 Å². The van der Waals surface area contributed by atoms with Crippen LogP contribution in [0.4, 0.5) is 3.89 Å². The number of pyridine rings is 2. The lowest BCUT2D eigenvalue weighted by Crippen LogP contribution is -2.32. The summed E-state index contributed by atoms with van der Waals surface area (Å²) in [7, 11) is -2.84. The van der Waals surface area contributed by atoms with E-state index in [-0.39, 0.29) is 11.5 Å². The first kappa shape index (κ1) is 24.3. The smallest absolute Gasteiger partial charge is 0.333 e. The van der Waals surface area contributed by atoms with Crippen molar-refractivity contribution in [1.29, 1.82) is 5.26 Å². The fourth-order valence-electron chi connectivity index (χ4n) is 5.64. The van der Waals surface area contributed by atoms with E-state index in [1.54, 1.807) is 12.1 Å². The molecule has 0 spiro atoms. The number of nitriles is 1. The molecule has 0 amide bonds. The van der Waals surface area contributed by atoms with Gasteiger partial charge in [-0.2, -0.15) is 13.7 Å². The zero-order valence-electron chi connectivity index (χ0n) is 20.8. The van der Waals surface area contributed by atoms with Crippen LogP contribution in [0, 0.1) is 18.3 Å². The summed E-state index contributed by atoms with van der Waals surface area (Å²) in [5.41, 5.74) is 4.34. The lowest BCUT2D eigenvalue weighted by atomic mass is 9.97. The second kappa shape index (κ2) is 8.75. The maximum Gasteiger partial charge on any atom is 0.333 e. The fourth-order valence-corrected chi connectivity index (χ4v) is 6.09. The minimum Gasteiger partial charge on any atom is -0.340 e. The lowest BCUT2D eigenvalue weighted by Gasteiger charge is -2.32. The number of nitrogens with zero attached hydrogens (tertiary/aromatic N) is 4. The minimum absolute atomic E-state index is 0.103. The van der Waals surface area contributed by atoms with Gasteiger partial charge in [0.2, 0.25) is 0 Å². The van der Waals surface area contributed by atoms with Crippen molar-refractivity contribution in [2.75, 3.05) is 20.1 Å². The number of aryl methyl sites for hydroxylation is 1. The van der Waals surface area contributed by atoms with Gasteiger partial charge in [0.25, 0.3) is 0 Å². The van der Waals surface area contributed by atoms with E-state index in [4.69, 9.17) is 0 Å². The quantitative estimate of drug-likeness (QED) is 0.336. The van der Waals surface area contributed by atoms with E-state index in [1.807, 2.05) is 25.1 Å². The molecule has 0 radical (unpaired) electrons. The van der Waals surface area contributed by atoms with E-state index in [9.17, 15) is 22.4 Å². The highest BCUT2D eigenvalue weighted by Gasteiger charge is 2.25. The van der Waals surface area contributed by atoms with E-state index in [0.29, 0.717) is 38.6 Å². The Morgan fingerprint density at radius 2 is 1.87 bits per heavy atom. The highest BCUT2D eigenvalue weighted by molar-refractivity contribution is 7.86. The number of hydrogen-bond acceptors (Lipinski definition) is 6. The molecule has 0 saturated carbocycles. The summed E-state index contributed by atoms with van der Waals surface area (Å²) in [5, 5.41) is 11.3. The van der Waals surface area contributed by atoms with Gasteiger partial charge in [0.1, 0.15) is 10.5 Å². The second-order valence-electron chi connectivity index (χ2n) is 9.99. The first-order chi connectivity index (χ1) is 18.2. The van der Waals surface area contributed by atoms with Gasteiger partial charge in [0.05, 0.1) is 22.5 Å². The summed E-state index contributed by atoms with van der Waals surface area (Å²) in [5.74, 6) is 0. The van der Waals surface area contributed by atoms with Crippen molar-refractivity contribution in [2.45, 2.75) is 30.7 Å². The number of likely N-dealkylation sites (tertiary alicyclic amines) is 1. The van der Waals surface area contributed by atoms with Gasteiger partial charge < -0.3 is 14.5 Å². The summed E-state index contributed by atoms with van der Waals surface area (Å²) in [6.45, 7) is 3.64. The van der Waals surface area contributed by atoms with Crippen LogP contribution in [0.5, 0.6) is 0 Å². The molecule has 1 aliphatic heterocycles. The Balaban J connectivity index is 1.71. The first-order valence-corrected chi connectivity index (χ1v) is 13.7. The van der Waals surface area contributed by atoms with Crippen molar-refractivity contribution in [3.05, 3.63) is 70.1 Å². The number of fused-ring (bicyclic) bond motifs is 4. The van der Waals surface area contributed by atoms with E-state index < -0.39 is 15.1 Å². The molecule has 8 nitrogen and oxygen atoms in total. The summed E-state index contributed by atoms with van der Waals surface area (Å²) in [6, 6.07) is 12.5. The van der Waals surface area contributed by atoms with Crippen LogP contribution in [0.25, 0.3) is 44.0 Å². The molecule has 0 bridgehead atoms. The van der Waals surface area contributed by atoms with Gasteiger partial charge >= 0.3 is 10.2 Å². The highest BCUT2D eigenvalue weighted by atomic mass is 32.3. The monoisotopic (exact) mass is 529 g/mol. The standard InChI is InChI=1S/C28H24FN5O3S/c1-16-9-23-25(12-22(16)18-11-20(15-31-14-18)38(29,36)37)34(19-5-7-33(2)8-6-19)28-26(27(23)35)21-4-3-17(13-30)10-24(21)32-28/h3-4,9-12,14-15,19,32H,5-8H2,1-2H3. The van der Waals surface area contributed by atoms with Gasteiger partial charge in [-0.3, -0.25) is 9.78 Å². The molecule has 1 aliphatic rings. The summed E-state index contributed by atoms with van der Waals surface area (Å²) >= 11 is 0. The number of aromatic amines is 1. The van der Waals surface area contributed by atoms with Crippen molar-refractivity contribution in [1.82, 2.24) is 19.4 Å². The SMILES string of the molecule is Cc1cc2c(=O)c3c4ccc(C#N)cc4[nH]c3n(C3CCN(C)CC3)c2cc1-c1cncc(S(=O)(=O)F)c1. The van der Waals surface area contributed by atoms with Gasteiger partial charge in [-0.1, -0.05) is 6.07 Å². The number of rotatable bonds is 3. The van der Waals surface area contributed by atoms with E-state index in [0.717, 1.165) is 48.6 Å². The Bertz CT molecular complexity index is 1980. The molecule has 1 fully saturated rings. The van der Waals surface area contributed by atoms with Crippen LogP contribution in [-0.2, 0) is 10.2 Å². The normalized spacial score (nSPS) is 15.4. The van der Waals surface area contributed by atoms with Crippen molar-refractivity contribution < 1.29 is 12.3 Å². The number of hydrogen-bond donors (Lipinski definition) is 1. The zero-order valence-corrected chi connectivity index (χ0v) is 21.6. The number of piperidine rings is 1.